The molecule has 29 heavy (non-hydrogen) atoms. The lowest BCUT2D eigenvalue weighted by Gasteiger charge is -2.27. The highest BCUT2D eigenvalue weighted by atomic mass is 35.5. The first kappa shape index (κ1) is 21.3. The maximum absolute atomic E-state index is 12.9. The van der Waals surface area contributed by atoms with E-state index in [0.717, 1.165) is 31.2 Å². The second-order valence-corrected chi connectivity index (χ2v) is 7.50. The van der Waals surface area contributed by atoms with Gasteiger partial charge < -0.3 is 15.6 Å². The fourth-order valence-electron chi connectivity index (χ4n) is 3.47. The fraction of sp³-hybridized carbons (Fsp3) is 0.286. The number of carbonyl (C=O) groups is 1. The Morgan fingerprint density at radius 2 is 1.86 bits per heavy atom. The summed E-state index contributed by atoms with van der Waals surface area (Å²) >= 11 is 6.04. The molecule has 3 N–H and O–H groups in total. The predicted octanol–water partition coefficient (Wildman–Crippen LogP) is 4.48. The zero-order valence-electron chi connectivity index (χ0n) is 15.7. The van der Waals surface area contributed by atoms with Crippen molar-refractivity contribution in [1.29, 1.82) is 0 Å². The van der Waals surface area contributed by atoms with Crippen molar-refractivity contribution >= 4 is 29.9 Å². The average molecular weight is 433 g/mol. The molecule has 8 heteroatoms. The van der Waals surface area contributed by atoms with Crippen LogP contribution in [0.4, 0.5) is 0 Å². The SMILES string of the molecule is Cl.NC1CCC(NC(=O)c2ccccc2-c2nc(-c3cccc(Cl)c3)no2)CC1. The van der Waals surface area contributed by atoms with E-state index in [0.29, 0.717) is 27.9 Å². The zero-order chi connectivity index (χ0) is 19.5. The van der Waals surface area contributed by atoms with Gasteiger partial charge in [0.15, 0.2) is 0 Å². The summed E-state index contributed by atoms with van der Waals surface area (Å²) in [7, 11) is 0. The summed E-state index contributed by atoms with van der Waals surface area (Å²) in [6.45, 7) is 0. The van der Waals surface area contributed by atoms with Crippen LogP contribution in [0.2, 0.25) is 5.02 Å². The van der Waals surface area contributed by atoms with E-state index < -0.39 is 0 Å². The molecular weight excluding hydrogens is 411 g/mol. The smallest absolute Gasteiger partial charge is 0.259 e. The highest BCUT2D eigenvalue weighted by molar-refractivity contribution is 6.30. The van der Waals surface area contributed by atoms with Crippen molar-refractivity contribution in [1.82, 2.24) is 15.5 Å². The summed E-state index contributed by atoms with van der Waals surface area (Å²) in [4.78, 5) is 17.3. The van der Waals surface area contributed by atoms with Crippen LogP contribution in [-0.4, -0.2) is 28.1 Å². The molecule has 0 unspecified atom stereocenters. The Hall–Kier alpha value is -2.41. The first-order chi connectivity index (χ1) is 13.6. The summed E-state index contributed by atoms with van der Waals surface area (Å²) in [6.07, 6.45) is 3.65. The van der Waals surface area contributed by atoms with Gasteiger partial charge in [0.1, 0.15) is 0 Å². The first-order valence-corrected chi connectivity index (χ1v) is 9.73. The number of nitrogens with two attached hydrogens (primary N) is 1. The van der Waals surface area contributed by atoms with E-state index >= 15 is 0 Å². The van der Waals surface area contributed by atoms with Crippen LogP contribution < -0.4 is 11.1 Å². The zero-order valence-corrected chi connectivity index (χ0v) is 17.2. The summed E-state index contributed by atoms with van der Waals surface area (Å²) in [5, 5.41) is 7.74. The minimum atomic E-state index is -0.140. The van der Waals surface area contributed by atoms with E-state index in [9.17, 15) is 4.79 Å². The second-order valence-electron chi connectivity index (χ2n) is 7.06. The highest BCUT2D eigenvalue weighted by Crippen LogP contribution is 2.27. The summed E-state index contributed by atoms with van der Waals surface area (Å²) in [6, 6.07) is 14.8. The van der Waals surface area contributed by atoms with Gasteiger partial charge in [0, 0.05) is 22.7 Å². The number of nitrogens with one attached hydrogen (secondary N) is 1. The molecule has 1 aliphatic carbocycles. The van der Waals surface area contributed by atoms with Gasteiger partial charge in [-0.1, -0.05) is 41.0 Å². The molecule has 1 aliphatic rings. The van der Waals surface area contributed by atoms with Crippen LogP contribution in [0.25, 0.3) is 22.8 Å². The molecule has 1 aromatic heterocycles. The van der Waals surface area contributed by atoms with E-state index in [1.165, 1.54) is 0 Å². The van der Waals surface area contributed by atoms with Crippen molar-refractivity contribution in [2.24, 2.45) is 5.73 Å². The quantitative estimate of drug-likeness (QED) is 0.633. The number of amides is 1. The van der Waals surface area contributed by atoms with E-state index in [1.807, 2.05) is 24.3 Å². The van der Waals surface area contributed by atoms with Crippen molar-refractivity contribution < 1.29 is 9.32 Å². The van der Waals surface area contributed by atoms with Crippen LogP contribution in [0.5, 0.6) is 0 Å². The second kappa shape index (κ2) is 9.39. The van der Waals surface area contributed by atoms with Gasteiger partial charge in [-0.3, -0.25) is 4.79 Å². The molecule has 4 rings (SSSR count). The topological polar surface area (TPSA) is 94.0 Å². The van der Waals surface area contributed by atoms with Crippen molar-refractivity contribution in [3.05, 3.63) is 59.1 Å². The summed E-state index contributed by atoms with van der Waals surface area (Å²) in [5.41, 5.74) is 7.82. The number of halogens is 2. The van der Waals surface area contributed by atoms with E-state index in [2.05, 4.69) is 15.5 Å². The number of hydrogen-bond donors (Lipinski definition) is 2. The molecule has 3 aromatic rings. The molecule has 0 radical (unpaired) electrons. The fourth-order valence-corrected chi connectivity index (χ4v) is 3.66. The number of carbonyl (C=O) groups excluding carboxylic acids is 1. The average Bonchev–Trinajstić information content (AvgIpc) is 3.20. The van der Waals surface area contributed by atoms with Gasteiger partial charge in [-0.25, -0.2) is 0 Å². The van der Waals surface area contributed by atoms with Crippen LogP contribution in [-0.2, 0) is 0 Å². The molecule has 0 saturated heterocycles. The Kier molecular flexibility index (Phi) is 6.90. The van der Waals surface area contributed by atoms with Crippen molar-refractivity contribution in [3.63, 3.8) is 0 Å². The Bertz CT molecular complexity index is 984. The number of benzene rings is 2. The number of nitrogens with zero attached hydrogens (tertiary/aromatic N) is 2. The molecule has 0 bridgehead atoms. The Morgan fingerprint density at radius 1 is 1.10 bits per heavy atom. The van der Waals surface area contributed by atoms with Gasteiger partial charge >= 0.3 is 0 Å². The minimum Gasteiger partial charge on any atom is -0.349 e. The van der Waals surface area contributed by atoms with Crippen molar-refractivity contribution in [2.75, 3.05) is 0 Å². The van der Waals surface area contributed by atoms with E-state index in [4.69, 9.17) is 21.9 Å². The molecule has 0 atom stereocenters. The first-order valence-electron chi connectivity index (χ1n) is 9.35. The van der Waals surface area contributed by atoms with Crippen LogP contribution in [0.3, 0.4) is 0 Å². The van der Waals surface area contributed by atoms with Gasteiger partial charge in [0.05, 0.1) is 11.1 Å². The van der Waals surface area contributed by atoms with Crippen molar-refractivity contribution in [2.45, 2.75) is 37.8 Å². The Morgan fingerprint density at radius 3 is 2.62 bits per heavy atom. The number of rotatable bonds is 4. The van der Waals surface area contributed by atoms with E-state index in [-0.39, 0.29) is 30.4 Å². The summed E-state index contributed by atoms with van der Waals surface area (Å²) in [5.74, 6) is 0.582. The Labute approximate surface area is 180 Å². The molecule has 0 aliphatic heterocycles. The molecule has 1 heterocycles. The van der Waals surface area contributed by atoms with Gasteiger partial charge in [0.25, 0.3) is 11.8 Å². The van der Waals surface area contributed by atoms with Crippen LogP contribution in [0.1, 0.15) is 36.0 Å². The lowest BCUT2D eigenvalue weighted by molar-refractivity contribution is 0.0926. The van der Waals surface area contributed by atoms with Gasteiger partial charge in [0.2, 0.25) is 5.82 Å². The summed E-state index contributed by atoms with van der Waals surface area (Å²) < 4.78 is 5.44. The van der Waals surface area contributed by atoms with Gasteiger partial charge in [-0.05, 0) is 49.9 Å². The minimum absolute atomic E-state index is 0. The standard InChI is InChI=1S/C21H21ClN4O2.ClH/c22-14-5-3-4-13(12-14)19-25-21(28-26-19)18-7-2-1-6-17(18)20(27)24-16-10-8-15(23)9-11-16;/h1-7,12,15-16H,8-11,23H2,(H,24,27);1H. The lowest BCUT2D eigenvalue weighted by Crippen LogP contribution is -2.40. The molecule has 1 saturated carbocycles. The monoisotopic (exact) mass is 432 g/mol. The van der Waals surface area contributed by atoms with Gasteiger partial charge in [-0.2, -0.15) is 4.98 Å². The molecule has 2 aromatic carbocycles. The van der Waals surface area contributed by atoms with Crippen LogP contribution in [0, 0.1) is 0 Å². The predicted molar refractivity (Wildman–Crippen MR) is 115 cm³/mol. The maximum atomic E-state index is 12.9. The van der Waals surface area contributed by atoms with E-state index in [1.54, 1.807) is 24.3 Å². The molecule has 1 amide bonds. The largest absolute Gasteiger partial charge is 0.349 e. The number of hydrogen-bond acceptors (Lipinski definition) is 5. The number of aromatic nitrogens is 2. The van der Waals surface area contributed by atoms with Crippen LogP contribution in [0.15, 0.2) is 53.1 Å². The van der Waals surface area contributed by atoms with Gasteiger partial charge in [-0.15, -0.1) is 12.4 Å². The maximum Gasteiger partial charge on any atom is 0.259 e. The normalized spacial score (nSPS) is 18.7. The lowest BCUT2D eigenvalue weighted by atomic mass is 9.91. The highest BCUT2D eigenvalue weighted by Gasteiger charge is 2.23. The van der Waals surface area contributed by atoms with Crippen LogP contribution >= 0.6 is 24.0 Å². The Balaban J connectivity index is 0.00000240. The van der Waals surface area contributed by atoms with Crippen molar-refractivity contribution in [3.8, 4) is 22.8 Å². The third-order valence-electron chi connectivity index (χ3n) is 5.02. The molecule has 1 fully saturated rings. The third-order valence-corrected chi connectivity index (χ3v) is 5.25. The third kappa shape index (κ3) is 4.96. The molecule has 0 spiro atoms. The molecular formula is C21H22Cl2N4O2. The molecule has 6 nitrogen and oxygen atoms in total. The molecule has 152 valence electrons.